The molecule has 3 rings (SSSR count). The molecule has 0 aliphatic carbocycles. The third-order valence-electron chi connectivity index (χ3n) is 3.63. The van der Waals surface area contributed by atoms with E-state index in [2.05, 4.69) is 10.1 Å². The normalized spacial score (nSPS) is 10.4. The van der Waals surface area contributed by atoms with E-state index in [0.29, 0.717) is 16.4 Å². The second-order valence-electron chi connectivity index (χ2n) is 5.47. The molecule has 0 atom stereocenters. The highest BCUT2D eigenvalue weighted by Crippen LogP contribution is 2.22. The maximum absolute atomic E-state index is 12.2. The lowest BCUT2D eigenvalue weighted by atomic mass is 10.2. The molecule has 0 bridgehead atoms. The van der Waals surface area contributed by atoms with Crippen LogP contribution < -0.4 is 15.7 Å². The Kier molecular flexibility index (Phi) is 5.42. The topological polar surface area (TPSA) is 94.8 Å². The van der Waals surface area contributed by atoms with Gasteiger partial charge in [-0.3, -0.25) is 4.79 Å². The van der Waals surface area contributed by atoms with Crippen LogP contribution in [0.4, 0.5) is 5.69 Å². The van der Waals surface area contributed by atoms with Crippen LogP contribution in [0.3, 0.4) is 0 Å². The third kappa shape index (κ3) is 4.45. The van der Waals surface area contributed by atoms with Crippen molar-refractivity contribution in [2.45, 2.75) is 0 Å². The Morgan fingerprint density at radius 3 is 2.67 bits per heavy atom. The Balaban J connectivity index is 1.71. The van der Waals surface area contributed by atoms with Gasteiger partial charge < -0.3 is 19.2 Å². The molecule has 27 heavy (non-hydrogen) atoms. The average molecular weight is 388 g/mol. The minimum atomic E-state index is -0.604. The van der Waals surface area contributed by atoms with E-state index < -0.39 is 17.5 Å². The Labute approximate surface area is 158 Å². The number of carbonyl (C=O) groups is 2. The molecule has 0 aliphatic heterocycles. The molecular weight excluding hydrogens is 374 g/mol. The van der Waals surface area contributed by atoms with Crippen LogP contribution in [0, 0.1) is 0 Å². The summed E-state index contributed by atoms with van der Waals surface area (Å²) in [6, 6.07) is 12.2. The molecule has 0 spiro atoms. The van der Waals surface area contributed by atoms with Crippen molar-refractivity contribution < 1.29 is 23.5 Å². The molecule has 0 radical (unpaired) electrons. The number of anilines is 1. The fourth-order valence-corrected chi connectivity index (χ4v) is 2.55. The van der Waals surface area contributed by atoms with E-state index in [1.165, 1.54) is 37.4 Å². The first-order valence-corrected chi connectivity index (χ1v) is 8.18. The van der Waals surface area contributed by atoms with Gasteiger partial charge in [-0.2, -0.15) is 0 Å². The molecule has 0 aliphatic rings. The Morgan fingerprint density at radius 1 is 1.11 bits per heavy atom. The van der Waals surface area contributed by atoms with Gasteiger partial charge in [-0.25, -0.2) is 9.59 Å². The van der Waals surface area contributed by atoms with Crippen LogP contribution in [0.2, 0.25) is 5.02 Å². The molecule has 1 N–H and O–H groups in total. The van der Waals surface area contributed by atoms with E-state index in [-0.39, 0.29) is 17.9 Å². The first-order chi connectivity index (χ1) is 13.0. The third-order valence-corrected chi connectivity index (χ3v) is 3.86. The summed E-state index contributed by atoms with van der Waals surface area (Å²) >= 11 is 5.92. The van der Waals surface area contributed by atoms with Gasteiger partial charge in [0.2, 0.25) is 0 Å². The Morgan fingerprint density at radius 2 is 1.89 bits per heavy atom. The molecule has 138 valence electrons. The van der Waals surface area contributed by atoms with Crippen LogP contribution in [0.1, 0.15) is 10.4 Å². The SMILES string of the molecule is COC(=O)c1ccc(Cl)cc1NC(=O)COc1ccc2ccc(=O)oc2c1. The zero-order chi connectivity index (χ0) is 19.4. The molecule has 2 aromatic carbocycles. The number of amides is 1. The summed E-state index contributed by atoms with van der Waals surface area (Å²) < 4.78 is 15.2. The molecule has 3 aromatic rings. The van der Waals surface area contributed by atoms with Crippen molar-refractivity contribution in [1.29, 1.82) is 0 Å². The predicted molar refractivity (Wildman–Crippen MR) is 99.4 cm³/mol. The fourth-order valence-electron chi connectivity index (χ4n) is 2.37. The number of hydrogen-bond acceptors (Lipinski definition) is 6. The highest BCUT2D eigenvalue weighted by molar-refractivity contribution is 6.31. The second kappa shape index (κ2) is 7.92. The van der Waals surface area contributed by atoms with Gasteiger partial charge in [0.1, 0.15) is 11.3 Å². The summed E-state index contributed by atoms with van der Waals surface area (Å²) in [5.74, 6) is -0.754. The lowest BCUT2D eigenvalue weighted by molar-refractivity contribution is -0.118. The van der Waals surface area contributed by atoms with E-state index in [9.17, 15) is 14.4 Å². The number of esters is 1. The minimum Gasteiger partial charge on any atom is -0.484 e. The van der Waals surface area contributed by atoms with Gasteiger partial charge in [0.05, 0.1) is 18.4 Å². The smallest absolute Gasteiger partial charge is 0.339 e. The highest BCUT2D eigenvalue weighted by atomic mass is 35.5. The number of fused-ring (bicyclic) bond motifs is 1. The maximum atomic E-state index is 12.2. The van der Waals surface area contributed by atoms with E-state index in [1.54, 1.807) is 18.2 Å². The number of hydrogen-bond donors (Lipinski definition) is 1. The average Bonchev–Trinajstić information content (AvgIpc) is 2.65. The van der Waals surface area contributed by atoms with Gasteiger partial charge in [-0.05, 0) is 36.4 Å². The number of methoxy groups -OCH3 is 1. The zero-order valence-corrected chi connectivity index (χ0v) is 14.9. The summed E-state index contributed by atoms with van der Waals surface area (Å²) in [4.78, 5) is 35.2. The molecule has 8 heteroatoms. The van der Waals surface area contributed by atoms with Crippen molar-refractivity contribution >= 4 is 40.1 Å². The summed E-state index contributed by atoms with van der Waals surface area (Å²) in [7, 11) is 1.24. The maximum Gasteiger partial charge on any atom is 0.339 e. The van der Waals surface area contributed by atoms with Crippen LogP contribution in [0.15, 0.2) is 57.7 Å². The molecule has 1 heterocycles. The minimum absolute atomic E-state index is 0.169. The number of ether oxygens (including phenoxy) is 2. The van der Waals surface area contributed by atoms with E-state index in [1.807, 2.05) is 0 Å². The standard InChI is InChI=1S/C19H14ClNO6/c1-25-19(24)14-6-4-12(20)8-15(14)21-17(22)10-26-13-5-2-11-3-7-18(23)27-16(11)9-13/h2-9H,10H2,1H3,(H,21,22). The Hall–Kier alpha value is -3.32. The monoisotopic (exact) mass is 387 g/mol. The molecule has 1 amide bonds. The van der Waals surface area contributed by atoms with Crippen molar-refractivity contribution in [3.05, 3.63) is 69.5 Å². The highest BCUT2D eigenvalue weighted by Gasteiger charge is 2.15. The van der Waals surface area contributed by atoms with Crippen molar-refractivity contribution in [2.75, 3.05) is 19.0 Å². The van der Waals surface area contributed by atoms with E-state index in [0.717, 1.165) is 5.39 Å². The number of rotatable bonds is 5. The van der Waals surface area contributed by atoms with Crippen molar-refractivity contribution in [2.24, 2.45) is 0 Å². The van der Waals surface area contributed by atoms with Crippen molar-refractivity contribution in [1.82, 2.24) is 0 Å². The first-order valence-electron chi connectivity index (χ1n) is 7.81. The number of halogens is 1. The lowest BCUT2D eigenvalue weighted by Gasteiger charge is -2.11. The van der Waals surface area contributed by atoms with Gasteiger partial charge >= 0.3 is 11.6 Å². The predicted octanol–water partition coefficient (Wildman–Crippen LogP) is 3.25. The number of benzene rings is 2. The number of carbonyl (C=O) groups excluding carboxylic acids is 2. The fraction of sp³-hybridized carbons (Fsp3) is 0.105. The summed E-state index contributed by atoms with van der Waals surface area (Å²) in [6.45, 7) is -0.324. The number of nitrogens with one attached hydrogen (secondary N) is 1. The first kappa shape index (κ1) is 18.5. The Bertz CT molecular complexity index is 1080. The molecule has 0 unspecified atom stereocenters. The molecule has 7 nitrogen and oxygen atoms in total. The van der Waals surface area contributed by atoms with Gasteiger partial charge in [0.15, 0.2) is 6.61 Å². The van der Waals surface area contributed by atoms with Crippen LogP contribution in [-0.2, 0) is 9.53 Å². The summed E-state index contributed by atoms with van der Waals surface area (Å²) in [5, 5.41) is 3.64. The quantitative estimate of drug-likeness (QED) is 0.533. The van der Waals surface area contributed by atoms with Gasteiger partial charge in [0, 0.05) is 22.5 Å². The van der Waals surface area contributed by atoms with Crippen molar-refractivity contribution in [3.63, 3.8) is 0 Å². The van der Waals surface area contributed by atoms with Gasteiger partial charge in [0.25, 0.3) is 5.91 Å². The summed E-state index contributed by atoms with van der Waals surface area (Å²) in [6.07, 6.45) is 0. The van der Waals surface area contributed by atoms with E-state index in [4.69, 9.17) is 20.8 Å². The van der Waals surface area contributed by atoms with Crippen LogP contribution in [0.25, 0.3) is 11.0 Å². The van der Waals surface area contributed by atoms with Crippen LogP contribution >= 0.6 is 11.6 Å². The largest absolute Gasteiger partial charge is 0.484 e. The molecular formula is C19H14ClNO6. The second-order valence-corrected chi connectivity index (χ2v) is 5.91. The van der Waals surface area contributed by atoms with Gasteiger partial charge in [-0.15, -0.1) is 0 Å². The molecule has 0 fully saturated rings. The molecule has 0 saturated carbocycles. The van der Waals surface area contributed by atoms with Gasteiger partial charge in [-0.1, -0.05) is 11.6 Å². The summed E-state index contributed by atoms with van der Waals surface area (Å²) in [5.41, 5.74) is 0.257. The molecule has 1 aromatic heterocycles. The van der Waals surface area contributed by atoms with Crippen molar-refractivity contribution in [3.8, 4) is 5.75 Å². The lowest BCUT2D eigenvalue weighted by Crippen LogP contribution is -2.21. The molecule has 0 saturated heterocycles. The van der Waals surface area contributed by atoms with Crippen LogP contribution in [0.5, 0.6) is 5.75 Å². The zero-order valence-electron chi connectivity index (χ0n) is 14.2. The van der Waals surface area contributed by atoms with E-state index >= 15 is 0 Å². The van der Waals surface area contributed by atoms with Crippen LogP contribution in [-0.4, -0.2) is 25.6 Å².